The minimum Gasteiger partial charge on any atom is -0.342 e. The molecule has 0 atom stereocenters. The van der Waals surface area contributed by atoms with E-state index in [9.17, 15) is 4.79 Å². The summed E-state index contributed by atoms with van der Waals surface area (Å²) < 4.78 is 0.650. The van der Waals surface area contributed by atoms with Crippen LogP contribution in [0.4, 0.5) is 0 Å². The number of rotatable bonds is 3. The van der Waals surface area contributed by atoms with E-state index in [0.717, 1.165) is 11.6 Å². The van der Waals surface area contributed by atoms with Crippen LogP contribution >= 0.6 is 35.7 Å². The molecule has 0 unspecified atom stereocenters. The van der Waals surface area contributed by atoms with Gasteiger partial charge in [0, 0.05) is 19.3 Å². The molecule has 2 heterocycles. The van der Waals surface area contributed by atoms with Crippen LogP contribution < -0.4 is 0 Å². The number of thioether (sulfide) groups is 2. The molecule has 6 heteroatoms. The molecule has 96 valence electrons. The van der Waals surface area contributed by atoms with Crippen molar-refractivity contribution in [2.75, 3.05) is 13.1 Å². The average Bonchev–Trinajstić information content (AvgIpc) is 2.91. The summed E-state index contributed by atoms with van der Waals surface area (Å²) in [5, 5.41) is 3.18. The van der Waals surface area contributed by atoms with Crippen LogP contribution in [-0.2, 0) is 4.79 Å². The van der Waals surface area contributed by atoms with E-state index in [-0.39, 0.29) is 5.91 Å². The second-order valence-corrected chi connectivity index (χ2v) is 6.24. The Kier molecular flexibility index (Phi) is 4.53. The van der Waals surface area contributed by atoms with Crippen LogP contribution in [0.2, 0.25) is 0 Å². The Hall–Kier alpha value is -0.720. The summed E-state index contributed by atoms with van der Waals surface area (Å²) in [5.41, 5.74) is 0. The van der Waals surface area contributed by atoms with Gasteiger partial charge in [0.15, 0.2) is 0 Å². The van der Waals surface area contributed by atoms with E-state index < -0.39 is 0 Å². The molecule has 0 radical (unpaired) electrons. The van der Waals surface area contributed by atoms with Gasteiger partial charge in [-0.1, -0.05) is 35.7 Å². The molecule has 18 heavy (non-hydrogen) atoms. The average molecular weight is 298 g/mol. The molecule has 2 aliphatic heterocycles. The van der Waals surface area contributed by atoms with Crippen LogP contribution in [0, 0.1) is 0 Å². The van der Waals surface area contributed by atoms with Crippen LogP contribution in [0.5, 0.6) is 0 Å². The van der Waals surface area contributed by atoms with Gasteiger partial charge in [0.25, 0.3) is 5.91 Å². The zero-order valence-corrected chi connectivity index (χ0v) is 12.7. The summed E-state index contributed by atoms with van der Waals surface area (Å²) in [6, 6.07) is 0. The summed E-state index contributed by atoms with van der Waals surface area (Å²) in [7, 11) is 0. The fourth-order valence-electron chi connectivity index (χ4n) is 1.64. The monoisotopic (exact) mass is 298 g/mol. The first-order valence-electron chi connectivity index (χ1n) is 5.73. The molecule has 0 aromatic rings. The summed E-state index contributed by atoms with van der Waals surface area (Å²) in [6.07, 6.45) is 5.89. The zero-order valence-electron chi connectivity index (χ0n) is 10.3. The predicted molar refractivity (Wildman–Crippen MR) is 82.9 cm³/mol. The fourth-order valence-corrected chi connectivity index (χ4v) is 3.79. The van der Waals surface area contributed by atoms with Gasteiger partial charge in [-0.25, -0.2) is 0 Å². The third kappa shape index (κ3) is 2.65. The van der Waals surface area contributed by atoms with Gasteiger partial charge in [-0.3, -0.25) is 9.69 Å². The Morgan fingerprint density at radius 3 is 2.72 bits per heavy atom. The topological polar surface area (TPSA) is 23.6 Å². The third-order valence-corrected chi connectivity index (χ3v) is 4.89. The summed E-state index contributed by atoms with van der Waals surface area (Å²) >= 11 is 8.20. The second-order valence-electron chi connectivity index (χ2n) is 3.64. The first-order valence-corrected chi connectivity index (χ1v) is 7.83. The van der Waals surface area contributed by atoms with Gasteiger partial charge in [-0.2, -0.15) is 0 Å². The normalized spacial score (nSPS) is 24.1. The molecule has 0 aromatic carbocycles. The predicted octanol–water partition coefficient (Wildman–Crippen LogP) is 3.13. The van der Waals surface area contributed by atoms with E-state index in [4.69, 9.17) is 12.2 Å². The lowest BCUT2D eigenvalue weighted by Gasteiger charge is -2.13. The highest BCUT2D eigenvalue weighted by Gasteiger charge is 2.30. The maximum atomic E-state index is 12.0. The minimum absolute atomic E-state index is 0.0170. The number of nitrogens with zero attached hydrogens (tertiary/aromatic N) is 2. The van der Waals surface area contributed by atoms with Crippen molar-refractivity contribution in [3.8, 4) is 0 Å². The van der Waals surface area contributed by atoms with Crippen LogP contribution in [0.3, 0.4) is 0 Å². The van der Waals surface area contributed by atoms with Crippen molar-refractivity contribution >= 4 is 46.0 Å². The standard InChI is InChI=1S/C12H14N2OS3/c1-3-13-7-8-17-10(13)6-5-9-11(15)14(4-2)12(16)18-9/h5-8H,3-4H2,1-2H3/b9-5+,10-6-. The van der Waals surface area contributed by atoms with E-state index in [0.29, 0.717) is 15.8 Å². The lowest BCUT2D eigenvalue weighted by Crippen LogP contribution is -2.27. The Bertz CT molecular complexity index is 468. The number of carbonyl (C=O) groups is 1. The Morgan fingerprint density at radius 1 is 1.33 bits per heavy atom. The highest BCUT2D eigenvalue weighted by molar-refractivity contribution is 8.26. The van der Waals surface area contributed by atoms with Gasteiger partial charge in [0.2, 0.25) is 0 Å². The summed E-state index contributed by atoms with van der Waals surface area (Å²) in [5.74, 6) is 0.0170. The van der Waals surface area contributed by atoms with Gasteiger partial charge in [-0.05, 0) is 31.4 Å². The number of amides is 1. The molecule has 2 aliphatic rings. The molecule has 0 bridgehead atoms. The van der Waals surface area contributed by atoms with Gasteiger partial charge >= 0.3 is 0 Å². The van der Waals surface area contributed by atoms with Crippen molar-refractivity contribution in [2.24, 2.45) is 0 Å². The molecule has 2 rings (SSSR count). The van der Waals surface area contributed by atoms with Crippen molar-refractivity contribution in [3.63, 3.8) is 0 Å². The van der Waals surface area contributed by atoms with E-state index in [2.05, 4.69) is 11.8 Å². The lowest BCUT2D eigenvalue weighted by atomic mass is 10.4. The molecule has 0 spiro atoms. The van der Waals surface area contributed by atoms with E-state index in [1.165, 1.54) is 11.8 Å². The van der Waals surface area contributed by atoms with Gasteiger partial charge < -0.3 is 4.90 Å². The Labute approximate surface area is 121 Å². The van der Waals surface area contributed by atoms with Crippen molar-refractivity contribution in [3.05, 3.63) is 33.7 Å². The molecular formula is C12H14N2OS3. The molecule has 1 amide bonds. The first kappa shape index (κ1) is 13.7. The summed E-state index contributed by atoms with van der Waals surface area (Å²) in [4.78, 5) is 16.5. The highest BCUT2D eigenvalue weighted by Crippen LogP contribution is 2.33. The first-order chi connectivity index (χ1) is 8.67. The molecule has 1 saturated heterocycles. The largest absolute Gasteiger partial charge is 0.342 e. The number of thiocarbonyl (C=S) groups is 1. The lowest BCUT2D eigenvalue weighted by molar-refractivity contribution is -0.122. The SMILES string of the molecule is CCN1C(=O)/C(=C\C=C2/SC=CN2CC)SC1=S. The van der Waals surface area contributed by atoms with E-state index in [1.54, 1.807) is 16.7 Å². The van der Waals surface area contributed by atoms with Crippen molar-refractivity contribution in [1.82, 2.24) is 9.80 Å². The van der Waals surface area contributed by atoms with Gasteiger partial charge in [0.1, 0.15) is 4.32 Å². The number of allylic oxidation sites excluding steroid dienone is 2. The van der Waals surface area contributed by atoms with Crippen molar-refractivity contribution < 1.29 is 4.79 Å². The van der Waals surface area contributed by atoms with Crippen LogP contribution in [-0.4, -0.2) is 33.1 Å². The highest BCUT2D eigenvalue weighted by atomic mass is 32.2. The quantitative estimate of drug-likeness (QED) is 0.588. The molecule has 0 saturated carbocycles. The number of hydrogen-bond acceptors (Lipinski definition) is 5. The maximum Gasteiger partial charge on any atom is 0.266 e. The number of hydrogen-bond donors (Lipinski definition) is 0. The van der Waals surface area contributed by atoms with Crippen molar-refractivity contribution in [1.29, 1.82) is 0 Å². The zero-order chi connectivity index (χ0) is 13.1. The smallest absolute Gasteiger partial charge is 0.266 e. The summed E-state index contributed by atoms with van der Waals surface area (Å²) in [6.45, 7) is 5.59. The Balaban J connectivity index is 2.14. The number of carbonyl (C=O) groups excluding carboxylic acids is 1. The molecule has 1 fully saturated rings. The molecular weight excluding hydrogens is 284 g/mol. The second kappa shape index (κ2) is 5.95. The molecule has 0 aliphatic carbocycles. The van der Waals surface area contributed by atoms with Crippen LogP contribution in [0.1, 0.15) is 13.8 Å². The molecule has 0 N–H and O–H groups in total. The molecule has 3 nitrogen and oxygen atoms in total. The third-order valence-electron chi connectivity index (χ3n) is 2.62. The van der Waals surface area contributed by atoms with Gasteiger partial charge in [-0.15, -0.1) is 0 Å². The van der Waals surface area contributed by atoms with E-state index in [1.807, 2.05) is 30.7 Å². The number of likely N-dealkylation sites (N-methyl/N-ethyl adjacent to an activating group) is 1. The fraction of sp³-hybridized carbons (Fsp3) is 0.333. The van der Waals surface area contributed by atoms with E-state index >= 15 is 0 Å². The van der Waals surface area contributed by atoms with Crippen LogP contribution in [0.15, 0.2) is 33.7 Å². The van der Waals surface area contributed by atoms with Crippen LogP contribution in [0.25, 0.3) is 0 Å². The minimum atomic E-state index is 0.0170. The van der Waals surface area contributed by atoms with Gasteiger partial charge in [0.05, 0.1) is 9.93 Å². The maximum absolute atomic E-state index is 12.0. The van der Waals surface area contributed by atoms with Crippen molar-refractivity contribution in [2.45, 2.75) is 13.8 Å². The molecule has 0 aromatic heterocycles. The Morgan fingerprint density at radius 2 is 2.11 bits per heavy atom.